The molecule has 1 aromatic rings. The molecule has 0 radical (unpaired) electrons. The molecule has 0 fully saturated rings. The molecule has 1 atom stereocenters. The van der Waals surface area contributed by atoms with Gasteiger partial charge in [-0.1, -0.05) is 47.8 Å². The van der Waals surface area contributed by atoms with Crippen molar-refractivity contribution < 1.29 is 14.3 Å². The van der Waals surface area contributed by atoms with Gasteiger partial charge in [-0.3, -0.25) is 4.79 Å². The van der Waals surface area contributed by atoms with E-state index in [9.17, 15) is 4.79 Å². The number of rotatable bonds is 2. The molecule has 19 heavy (non-hydrogen) atoms. The van der Waals surface area contributed by atoms with E-state index in [1.165, 1.54) is 0 Å². The van der Waals surface area contributed by atoms with Crippen LogP contribution in [0.2, 0.25) is 0 Å². The molecule has 0 N–H and O–H groups in total. The van der Waals surface area contributed by atoms with Crippen molar-refractivity contribution >= 4 is 53.6 Å². The van der Waals surface area contributed by atoms with Crippen molar-refractivity contribution in [1.82, 2.24) is 0 Å². The third-order valence-corrected chi connectivity index (χ3v) is 5.61. The Balaban J connectivity index is 2.69. The van der Waals surface area contributed by atoms with E-state index in [0.29, 0.717) is 23.5 Å². The number of hydrogen-bond acceptors (Lipinski definition) is 3. The van der Waals surface area contributed by atoms with Crippen molar-refractivity contribution in [1.29, 1.82) is 0 Å². The zero-order chi connectivity index (χ0) is 14.2. The summed E-state index contributed by atoms with van der Waals surface area (Å²) in [6.45, 7) is 0. The molecule has 0 aliphatic heterocycles. The Bertz CT molecular complexity index is 514. The van der Waals surface area contributed by atoms with Crippen LogP contribution in [0.4, 0.5) is 0 Å². The van der Waals surface area contributed by atoms with Gasteiger partial charge in [0, 0.05) is 16.0 Å². The molecule has 104 valence electrons. The van der Waals surface area contributed by atoms with Gasteiger partial charge < -0.3 is 9.47 Å². The van der Waals surface area contributed by atoms with Crippen LogP contribution >= 0.6 is 47.8 Å². The molecule has 1 aliphatic carbocycles. The number of benzene rings is 1. The van der Waals surface area contributed by atoms with Crippen molar-refractivity contribution in [3.8, 4) is 11.5 Å². The first-order chi connectivity index (χ1) is 8.92. The SMILES string of the molecule is COc1ccc2c(c1OC)[C@H](Br)CCC(Br)(Br)C2=O. The minimum atomic E-state index is -0.711. The van der Waals surface area contributed by atoms with Crippen molar-refractivity contribution in [2.24, 2.45) is 0 Å². The predicted molar refractivity (Wildman–Crippen MR) is 85.4 cm³/mol. The Morgan fingerprint density at radius 3 is 2.53 bits per heavy atom. The molecule has 0 heterocycles. The van der Waals surface area contributed by atoms with Gasteiger partial charge in [0.2, 0.25) is 0 Å². The zero-order valence-electron chi connectivity index (χ0n) is 10.5. The first kappa shape index (κ1) is 15.3. The second-order valence-corrected chi connectivity index (χ2v) is 9.18. The average Bonchev–Trinajstić information content (AvgIpc) is 2.49. The number of fused-ring (bicyclic) bond motifs is 1. The van der Waals surface area contributed by atoms with Gasteiger partial charge in [-0.25, -0.2) is 0 Å². The quantitative estimate of drug-likeness (QED) is 0.482. The van der Waals surface area contributed by atoms with E-state index < -0.39 is 3.23 Å². The van der Waals surface area contributed by atoms with Crippen LogP contribution < -0.4 is 9.47 Å². The number of ketones is 1. The number of halogens is 3. The van der Waals surface area contributed by atoms with Gasteiger partial charge >= 0.3 is 0 Å². The van der Waals surface area contributed by atoms with Crippen molar-refractivity contribution in [3.05, 3.63) is 23.3 Å². The molecule has 2 rings (SSSR count). The molecule has 6 heteroatoms. The highest BCUT2D eigenvalue weighted by atomic mass is 79.9. The first-order valence-electron chi connectivity index (χ1n) is 5.74. The summed E-state index contributed by atoms with van der Waals surface area (Å²) in [5.74, 6) is 1.26. The van der Waals surface area contributed by atoms with Crippen LogP contribution in [0.5, 0.6) is 11.5 Å². The van der Waals surface area contributed by atoms with Crippen LogP contribution in [0, 0.1) is 0 Å². The Hall–Kier alpha value is -0.0700. The fraction of sp³-hybridized carbons (Fsp3) is 0.462. The summed E-state index contributed by atoms with van der Waals surface area (Å²) < 4.78 is 10.0. The van der Waals surface area contributed by atoms with Gasteiger partial charge in [0.05, 0.1) is 14.2 Å². The van der Waals surface area contributed by atoms with Crippen LogP contribution in [-0.2, 0) is 0 Å². The standard InChI is InChI=1S/C13H13Br3O3/c1-18-9-4-3-7-10(11(9)19-2)8(14)5-6-13(15,16)12(7)17/h3-4,8H,5-6H2,1-2H3/t8-/m1/s1. The van der Waals surface area contributed by atoms with E-state index in [1.54, 1.807) is 26.4 Å². The topological polar surface area (TPSA) is 35.5 Å². The highest BCUT2D eigenvalue weighted by Gasteiger charge is 2.40. The summed E-state index contributed by atoms with van der Waals surface area (Å²) in [6.07, 6.45) is 1.49. The summed E-state index contributed by atoms with van der Waals surface area (Å²) in [4.78, 5) is 12.6. The Labute approximate surface area is 137 Å². The summed E-state index contributed by atoms with van der Waals surface area (Å²) in [6, 6.07) is 3.55. The molecular weight excluding hydrogens is 444 g/mol. The molecule has 0 saturated heterocycles. The van der Waals surface area contributed by atoms with E-state index in [1.807, 2.05) is 0 Å². The maximum atomic E-state index is 12.6. The second kappa shape index (κ2) is 5.74. The lowest BCUT2D eigenvalue weighted by Gasteiger charge is -2.18. The number of ether oxygens (including phenoxy) is 2. The molecule has 0 spiro atoms. The lowest BCUT2D eigenvalue weighted by atomic mass is 10.0. The lowest BCUT2D eigenvalue weighted by molar-refractivity contribution is 0.0981. The molecule has 0 bridgehead atoms. The minimum Gasteiger partial charge on any atom is -0.493 e. The van der Waals surface area contributed by atoms with E-state index in [4.69, 9.17) is 9.47 Å². The summed E-state index contributed by atoms with van der Waals surface area (Å²) in [7, 11) is 3.17. The van der Waals surface area contributed by atoms with Gasteiger partial charge in [-0.15, -0.1) is 0 Å². The van der Waals surface area contributed by atoms with E-state index in [0.717, 1.165) is 12.0 Å². The van der Waals surface area contributed by atoms with Gasteiger partial charge in [0.1, 0.15) is 3.23 Å². The number of methoxy groups -OCH3 is 2. The van der Waals surface area contributed by atoms with E-state index in [2.05, 4.69) is 47.8 Å². The lowest BCUT2D eigenvalue weighted by Crippen LogP contribution is -2.23. The van der Waals surface area contributed by atoms with Crippen molar-refractivity contribution in [2.45, 2.75) is 20.9 Å². The highest BCUT2D eigenvalue weighted by Crippen LogP contribution is 2.49. The zero-order valence-corrected chi connectivity index (χ0v) is 15.3. The van der Waals surface area contributed by atoms with Crippen molar-refractivity contribution in [3.63, 3.8) is 0 Å². The minimum absolute atomic E-state index is 0.00500. The average molecular weight is 457 g/mol. The molecule has 0 unspecified atom stereocenters. The first-order valence-corrected chi connectivity index (χ1v) is 8.24. The van der Waals surface area contributed by atoms with Gasteiger partial charge in [0.25, 0.3) is 0 Å². The molecule has 0 aromatic heterocycles. The molecule has 1 aliphatic rings. The second-order valence-electron chi connectivity index (χ2n) is 4.30. The third kappa shape index (κ3) is 2.72. The van der Waals surface area contributed by atoms with Crippen LogP contribution in [0.3, 0.4) is 0 Å². The van der Waals surface area contributed by atoms with Crippen LogP contribution in [0.25, 0.3) is 0 Å². The number of carbonyl (C=O) groups excluding carboxylic acids is 1. The van der Waals surface area contributed by atoms with Crippen LogP contribution in [-0.4, -0.2) is 23.2 Å². The van der Waals surface area contributed by atoms with Gasteiger partial charge in [0.15, 0.2) is 17.3 Å². The Kier molecular flexibility index (Phi) is 4.63. The number of alkyl halides is 3. The Morgan fingerprint density at radius 2 is 1.95 bits per heavy atom. The molecular formula is C13H13Br3O3. The smallest absolute Gasteiger partial charge is 0.190 e. The highest BCUT2D eigenvalue weighted by molar-refractivity contribution is 9.26. The molecule has 1 aromatic carbocycles. The van der Waals surface area contributed by atoms with E-state index >= 15 is 0 Å². The van der Waals surface area contributed by atoms with Crippen molar-refractivity contribution in [2.75, 3.05) is 14.2 Å². The maximum absolute atomic E-state index is 12.6. The third-order valence-electron chi connectivity index (χ3n) is 3.19. The normalized spacial score (nSPS) is 21.5. The molecule has 0 saturated carbocycles. The monoisotopic (exact) mass is 454 g/mol. The molecule has 3 nitrogen and oxygen atoms in total. The van der Waals surface area contributed by atoms with Gasteiger partial charge in [-0.2, -0.15) is 0 Å². The maximum Gasteiger partial charge on any atom is 0.190 e. The van der Waals surface area contributed by atoms with Crippen LogP contribution in [0.15, 0.2) is 12.1 Å². The predicted octanol–water partition coefficient (Wildman–Crippen LogP) is 4.60. The Morgan fingerprint density at radius 1 is 1.26 bits per heavy atom. The summed E-state index contributed by atoms with van der Waals surface area (Å²) >= 11 is 10.6. The number of hydrogen-bond donors (Lipinski definition) is 0. The fourth-order valence-corrected chi connectivity index (χ4v) is 3.79. The summed E-state index contributed by atoms with van der Waals surface area (Å²) in [5, 5.41) is 0. The number of Topliss-reactive ketones (excluding diaryl/α,β-unsaturated/α-hetero) is 1. The summed E-state index contributed by atoms with van der Waals surface area (Å²) in [5.41, 5.74) is 1.50. The van der Waals surface area contributed by atoms with E-state index in [-0.39, 0.29) is 10.6 Å². The largest absolute Gasteiger partial charge is 0.493 e. The molecule has 0 amide bonds. The van der Waals surface area contributed by atoms with Crippen LogP contribution in [0.1, 0.15) is 33.6 Å². The number of carbonyl (C=O) groups is 1. The van der Waals surface area contributed by atoms with Gasteiger partial charge in [-0.05, 0) is 25.0 Å². The fourth-order valence-electron chi connectivity index (χ4n) is 2.22.